The van der Waals surface area contributed by atoms with Gasteiger partial charge in [0.25, 0.3) is 5.91 Å². The molecule has 0 radical (unpaired) electrons. The van der Waals surface area contributed by atoms with Crippen LogP contribution in [-0.2, 0) is 0 Å². The lowest BCUT2D eigenvalue weighted by atomic mass is 10.0. The van der Waals surface area contributed by atoms with E-state index < -0.39 is 5.91 Å². The molecule has 1 aromatic rings. The van der Waals surface area contributed by atoms with Crippen LogP contribution in [0.1, 0.15) is 49.5 Å². The minimum atomic E-state index is -0.416. The van der Waals surface area contributed by atoms with Crippen molar-refractivity contribution < 1.29 is 4.79 Å². The molecule has 0 spiro atoms. The van der Waals surface area contributed by atoms with Crippen LogP contribution in [0.5, 0.6) is 0 Å². The fraction of sp³-hybridized carbons (Fsp3) is 0.636. The summed E-state index contributed by atoms with van der Waals surface area (Å²) in [5.74, 6) is 0.373. The van der Waals surface area contributed by atoms with Gasteiger partial charge in [-0.1, -0.05) is 13.8 Å². The van der Waals surface area contributed by atoms with Crippen LogP contribution in [-0.4, -0.2) is 21.7 Å². The number of hydrogen-bond acceptors (Lipinski definition) is 3. The number of anilines is 1. The average molecular weight is 222 g/mol. The summed E-state index contributed by atoms with van der Waals surface area (Å²) in [4.78, 5) is 11.3. The molecule has 5 heteroatoms. The Labute approximate surface area is 95.0 Å². The van der Waals surface area contributed by atoms with Crippen LogP contribution in [0.3, 0.4) is 0 Å². The molecule has 1 amide bonds. The van der Waals surface area contributed by atoms with Gasteiger partial charge in [0, 0.05) is 6.04 Å². The van der Waals surface area contributed by atoms with E-state index in [1.165, 1.54) is 0 Å². The van der Waals surface area contributed by atoms with Gasteiger partial charge in [0.2, 0.25) is 0 Å². The van der Waals surface area contributed by atoms with Gasteiger partial charge in [-0.2, -0.15) is 5.10 Å². The van der Waals surface area contributed by atoms with Gasteiger partial charge in [0.05, 0.1) is 12.2 Å². The Hall–Kier alpha value is -1.52. The van der Waals surface area contributed by atoms with E-state index in [4.69, 9.17) is 5.73 Å². The molecule has 0 aromatic carbocycles. The van der Waals surface area contributed by atoms with Gasteiger partial charge in [-0.05, 0) is 19.3 Å². The molecule has 0 bridgehead atoms. The van der Waals surface area contributed by atoms with Gasteiger partial charge >= 0.3 is 0 Å². The van der Waals surface area contributed by atoms with E-state index in [0.29, 0.717) is 17.6 Å². The predicted octanol–water partition coefficient (Wildman–Crippen LogP) is 1.53. The fourth-order valence-corrected chi connectivity index (χ4v) is 2.25. The molecule has 0 saturated carbocycles. The van der Waals surface area contributed by atoms with Gasteiger partial charge in [0.15, 0.2) is 0 Å². The molecule has 1 aromatic heterocycles. The normalized spacial score (nSPS) is 23.6. The van der Waals surface area contributed by atoms with E-state index in [0.717, 1.165) is 25.1 Å². The maximum atomic E-state index is 11.3. The Bertz CT molecular complexity index is 399. The largest absolute Gasteiger partial charge is 0.367 e. The number of carbonyl (C=O) groups is 1. The minimum Gasteiger partial charge on any atom is -0.367 e. The lowest BCUT2D eigenvalue weighted by Crippen LogP contribution is -2.32. The number of hydrogen-bond donors (Lipinski definition) is 2. The summed E-state index contributed by atoms with van der Waals surface area (Å²) >= 11 is 0. The van der Waals surface area contributed by atoms with Crippen molar-refractivity contribution in [1.29, 1.82) is 0 Å². The van der Waals surface area contributed by atoms with Crippen molar-refractivity contribution in [2.75, 3.05) is 5.32 Å². The zero-order chi connectivity index (χ0) is 11.7. The van der Waals surface area contributed by atoms with Crippen molar-refractivity contribution in [1.82, 2.24) is 9.78 Å². The van der Waals surface area contributed by atoms with Crippen LogP contribution < -0.4 is 11.1 Å². The zero-order valence-electron chi connectivity index (χ0n) is 9.73. The highest BCUT2D eigenvalue weighted by molar-refractivity contribution is 5.97. The molecule has 0 fully saturated rings. The highest BCUT2D eigenvalue weighted by Gasteiger charge is 2.28. The van der Waals surface area contributed by atoms with Crippen molar-refractivity contribution >= 4 is 11.7 Å². The van der Waals surface area contributed by atoms with Crippen molar-refractivity contribution in [3.05, 3.63) is 11.8 Å². The number of amides is 1. The summed E-state index contributed by atoms with van der Waals surface area (Å²) in [6.07, 6.45) is 4.68. The van der Waals surface area contributed by atoms with Crippen molar-refractivity contribution in [3.8, 4) is 0 Å². The van der Waals surface area contributed by atoms with E-state index in [9.17, 15) is 4.79 Å². The molecule has 2 heterocycles. The van der Waals surface area contributed by atoms with Gasteiger partial charge in [-0.25, -0.2) is 4.68 Å². The van der Waals surface area contributed by atoms with Gasteiger partial charge in [-0.3, -0.25) is 4.79 Å². The average Bonchev–Trinajstić information content (AvgIpc) is 2.71. The van der Waals surface area contributed by atoms with Crippen molar-refractivity contribution in [2.45, 2.75) is 45.2 Å². The summed E-state index contributed by atoms with van der Waals surface area (Å²) < 4.78 is 1.90. The fourth-order valence-electron chi connectivity index (χ4n) is 2.25. The quantitative estimate of drug-likeness (QED) is 0.814. The van der Waals surface area contributed by atoms with E-state index >= 15 is 0 Å². The predicted molar refractivity (Wildman–Crippen MR) is 62.4 cm³/mol. The first kappa shape index (κ1) is 11.0. The first-order valence-electron chi connectivity index (χ1n) is 5.81. The smallest absolute Gasteiger partial charge is 0.254 e. The first-order valence-corrected chi connectivity index (χ1v) is 5.81. The minimum absolute atomic E-state index is 0.370. The highest BCUT2D eigenvalue weighted by atomic mass is 16.1. The Kier molecular flexibility index (Phi) is 2.85. The van der Waals surface area contributed by atoms with Crippen molar-refractivity contribution in [3.63, 3.8) is 0 Å². The van der Waals surface area contributed by atoms with Crippen LogP contribution in [0.25, 0.3) is 0 Å². The maximum absolute atomic E-state index is 11.3. The number of primary amides is 1. The molecule has 3 N–H and O–H groups in total. The topological polar surface area (TPSA) is 72.9 Å². The number of nitrogens with one attached hydrogen (secondary N) is 1. The van der Waals surface area contributed by atoms with Crippen LogP contribution in [0.4, 0.5) is 5.82 Å². The third-order valence-electron chi connectivity index (χ3n) is 3.27. The summed E-state index contributed by atoms with van der Waals surface area (Å²) in [5.41, 5.74) is 5.82. The third-order valence-corrected chi connectivity index (χ3v) is 3.27. The van der Waals surface area contributed by atoms with Crippen LogP contribution >= 0.6 is 0 Å². The lowest BCUT2D eigenvalue weighted by Gasteiger charge is -2.31. The zero-order valence-corrected chi connectivity index (χ0v) is 9.73. The monoisotopic (exact) mass is 222 g/mol. The molecule has 1 aliphatic rings. The molecule has 2 unspecified atom stereocenters. The standard InChI is InChI=1S/C11H18N4O/c1-3-7-5-8(4-2)15-11(14-7)9(6-13-15)10(12)16/h6-8,14H,3-5H2,1-2H3,(H2,12,16). The third kappa shape index (κ3) is 1.66. The first-order chi connectivity index (χ1) is 7.67. The van der Waals surface area contributed by atoms with Gasteiger partial charge in [0.1, 0.15) is 11.4 Å². The second kappa shape index (κ2) is 4.15. The van der Waals surface area contributed by atoms with Gasteiger partial charge < -0.3 is 11.1 Å². The molecule has 88 valence electrons. The second-order valence-electron chi connectivity index (χ2n) is 4.26. The number of rotatable bonds is 3. The molecular weight excluding hydrogens is 204 g/mol. The molecule has 5 nitrogen and oxygen atoms in total. The SMILES string of the molecule is CCC1CC(CC)n2ncc(C(N)=O)c2N1. The number of aromatic nitrogens is 2. The number of carbonyl (C=O) groups excluding carboxylic acids is 1. The summed E-state index contributed by atoms with van der Waals surface area (Å²) in [6.45, 7) is 4.28. The molecule has 2 rings (SSSR count). The summed E-state index contributed by atoms with van der Waals surface area (Å²) in [6, 6.07) is 0.779. The number of fused-ring (bicyclic) bond motifs is 1. The molecule has 0 aliphatic carbocycles. The maximum Gasteiger partial charge on any atom is 0.254 e. The Morgan fingerprint density at radius 1 is 1.62 bits per heavy atom. The van der Waals surface area contributed by atoms with Crippen molar-refractivity contribution in [2.24, 2.45) is 5.73 Å². The molecule has 0 saturated heterocycles. The Balaban J connectivity index is 2.40. The van der Waals surface area contributed by atoms with E-state index in [1.807, 2.05) is 4.68 Å². The Morgan fingerprint density at radius 2 is 2.38 bits per heavy atom. The van der Waals surface area contributed by atoms with Crippen LogP contribution in [0.2, 0.25) is 0 Å². The number of nitrogens with zero attached hydrogens (tertiary/aromatic N) is 2. The lowest BCUT2D eigenvalue weighted by molar-refractivity contribution is 0.100. The van der Waals surface area contributed by atoms with E-state index in [2.05, 4.69) is 24.3 Å². The van der Waals surface area contributed by atoms with Gasteiger partial charge in [-0.15, -0.1) is 0 Å². The molecule has 1 aliphatic heterocycles. The second-order valence-corrected chi connectivity index (χ2v) is 4.26. The molecule has 16 heavy (non-hydrogen) atoms. The van der Waals surface area contributed by atoms with Crippen LogP contribution in [0, 0.1) is 0 Å². The summed E-state index contributed by atoms with van der Waals surface area (Å²) in [7, 11) is 0. The highest BCUT2D eigenvalue weighted by Crippen LogP contribution is 2.31. The number of nitrogens with two attached hydrogens (primary N) is 1. The Morgan fingerprint density at radius 3 is 2.94 bits per heavy atom. The van der Waals surface area contributed by atoms with E-state index in [1.54, 1.807) is 6.20 Å². The molecular formula is C11H18N4O. The molecule has 2 atom stereocenters. The van der Waals surface area contributed by atoms with Crippen LogP contribution in [0.15, 0.2) is 6.20 Å². The summed E-state index contributed by atoms with van der Waals surface area (Å²) in [5, 5.41) is 7.59. The van der Waals surface area contributed by atoms with E-state index in [-0.39, 0.29) is 0 Å².